The number of hydrogen-bond donors (Lipinski definition) is 0. The van der Waals surface area contributed by atoms with Crippen LogP contribution in [-0.4, -0.2) is 33.1 Å². The molecule has 128 valence electrons. The summed E-state index contributed by atoms with van der Waals surface area (Å²) in [5.74, 6) is 1.09. The molecule has 0 fully saturated rings. The lowest BCUT2D eigenvalue weighted by Crippen LogP contribution is -2.21. The number of carbonyl (C=O) groups is 1. The summed E-state index contributed by atoms with van der Waals surface area (Å²) >= 11 is 5.89. The molecule has 0 radical (unpaired) electrons. The van der Waals surface area contributed by atoms with Gasteiger partial charge in [0.25, 0.3) is 0 Å². The number of nitrogens with zero attached hydrogens (tertiary/aromatic N) is 4. The Morgan fingerprint density at radius 1 is 1.16 bits per heavy atom. The van der Waals surface area contributed by atoms with Gasteiger partial charge in [0.1, 0.15) is 11.8 Å². The van der Waals surface area contributed by atoms with Gasteiger partial charge < -0.3 is 4.74 Å². The van der Waals surface area contributed by atoms with E-state index in [1.807, 2.05) is 19.1 Å². The van der Waals surface area contributed by atoms with Gasteiger partial charge in [-0.3, -0.25) is 4.79 Å². The molecule has 1 atom stereocenters. The molecule has 1 aromatic heterocycles. The summed E-state index contributed by atoms with van der Waals surface area (Å²) in [6.07, 6.45) is 0.557. The molecular weight excluding hydrogens is 340 g/mol. The van der Waals surface area contributed by atoms with Crippen molar-refractivity contribution in [3.63, 3.8) is 0 Å². The third kappa shape index (κ3) is 3.69. The van der Waals surface area contributed by atoms with Crippen LogP contribution in [0.15, 0.2) is 48.5 Å². The first kappa shape index (κ1) is 17.1. The van der Waals surface area contributed by atoms with Gasteiger partial charge in [-0.2, -0.15) is 4.80 Å². The van der Waals surface area contributed by atoms with Gasteiger partial charge in [-0.05, 0) is 60.2 Å². The van der Waals surface area contributed by atoms with Crippen molar-refractivity contribution in [2.75, 3.05) is 7.11 Å². The van der Waals surface area contributed by atoms with Crippen LogP contribution in [0.25, 0.3) is 11.4 Å². The van der Waals surface area contributed by atoms with Crippen LogP contribution in [0, 0.1) is 0 Å². The second-order valence-corrected chi connectivity index (χ2v) is 5.89. The molecule has 1 heterocycles. The summed E-state index contributed by atoms with van der Waals surface area (Å²) in [5.41, 5.74) is 1.38. The van der Waals surface area contributed by atoms with Crippen molar-refractivity contribution >= 4 is 17.4 Å². The fourth-order valence-corrected chi connectivity index (χ4v) is 2.60. The molecule has 3 aromatic rings. The van der Waals surface area contributed by atoms with Crippen molar-refractivity contribution in [2.45, 2.75) is 19.4 Å². The van der Waals surface area contributed by atoms with E-state index >= 15 is 0 Å². The Hall–Kier alpha value is -2.73. The zero-order valence-corrected chi connectivity index (χ0v) is 14.6. The minimum atomic E-state index is -0.512. The van der Waals surface area contributed by atoms with E-state index in [-0.39, 0.29) is 5.78 Å². The van der Waals surface area contributed by atoms with E-state index in [1.54, 1.807) is 43.5 Å². The van der Waals surface area contributed by atoms with Crippen LogP contribution < -0.4 is 4.74 Å². The summed E-state index contributed by atoms with van der Waals surface area (Å²) in [7, 11) is 1.59. The maximum atomic E-state index is 12.8. The number of aromatic nitrogens is 4. The lowest BCUT2D eigenvalue weighted by molar-refractivity contribution is 0.0903. The molecule has 0 aliphatic heterocycles. The van der Waals surface area contributed by atoms with Crippen LogP contribution >= 0.6 is 11.6 Å². The zero-order valence-electron chi connectivity index (χ0n) is 13.9. The molecule has 7 heteroatoms. The van der Waals surface area contributed by atoms with E-state index < -0.39 is 6.04 Å². The van der Waals surface area contributed by atoms with Crippen molar-refractivity contribution in [1.82, 2.24) is 20.2 Å². The smallest absolute Gasteiger partial charge is 0.204 e. The van der Waals surface area contributed by atoms with Gasteiger partial charge in [-0.1, -0.05) is 18.5 Å². The molecule has 0 bridgehead atoms. The number of halogens is 1. The highest BCUT2D eigenvalue weighted by atomic mass is 35.5. The van der Waals surface area contributed by atoms with Crippen LogP contribution in [0.3, 0.4) is 0 Å². The maximum Gasteiger partial charge on any atom is 0.204 e. The Morgan fingerprint density at radius 3 is 2.44 bits per heavy atom. The summed E-state index contributed by atoms with van der Waals surface area (Å²) in [5, 5.41) is 13.1. The molecule has 1 unspecified atom stereocenters. The summed E-state index contributed by atoms with van der Waals surface area (Å²) in [6.45, 7) is 1.91. The summed E-state index contributed by atoms with van der Waals surface area (Å²) in [4.78, 5) is 14.2. The van der Waals surface area contributed by atoms with Crippen LogP contribution in [0.2, 0.25) is 5.02 Å². The fraction of sp³-hybridized carbons (Fsp3) is 0.222. The van der Waals surface area contributed by atoms with Crippen LogP contribution in [0.5, 0.6) is 5.75 Å². The predicted octanol–water partition coefficient (Wildman–Crippen LogP) is 3.84. The molecule has 0 spiro atoms. The minimum Gasteiger partial charge on any atom is -0.497 e. The highest BCUT2D eigenvalue weighted by Gasteiger charge is 2.23. The number of methoxy groups -OCH3 is 1. The third-order valence-corrected chi connectivity index (χ3v) is 4.13. The Labute approximate surface area is 150 Å². The van der Waals surface area contributed by atoms with E-state index in [0.717, 1.165) is 5.56 Å². The van der Waals surface area contributed by atoms with E-state index in [2.05, 4.69) is 15.4 Å². The molecule has 0 N–H and O–H groups in total. The van der Waals surface area contributed by atoms with Gasteiger partial charge in [0.2, 0.25) is 5.82 Å². The number of benzene rings is 2. The second kappa shape index (κ2) is 7.44. The molecular formula is C18H17ClN4O2. The topological polar surface area (TPSA) is 69.9 Å². The maximum absolute atomic E-state index is 12.8. The number of Topliss-reactive ketones (excluding diaryl/α,β-unsaturated/α-hetero) is 1. The van der Waals surface area contributed by atoms with E-state index in [1.165, 1.54) is 4.80 Å². The molecule has 2 aromatic carbocycles. The Balaban J connectivity index is 1.85. The van der Waals surface area contributed by atoms with Gasteiger partial charge in [0.15, 0.2) is 5.78 Å². The molecule has 25 heavy (non-hydrogen) atoms. The van der Waals surface area contributed by atoms with Crippen molar-refractivity contribution < 1.29 is 9.53 Å². The highest BCUT2D eigenvalue weighted by Crippen LogP contribution is 2.21. The standard InChI is InChI=1S/C18H17ClN4O2/c1-3-16(17(24)12-6-10-15(25-2)11-7-12)23-21-18(20-22-23)13-4-8-14(19)9-5-13/h4-11,16H,3H2,1-2H3. The SMILES string of the molecule is CCC(C(=O)c1ccc(OC)cc1)n1nnc(-c2ccc(Cl)cc2)n1. The number of tetrazole rings is 1. The monoisotopic (exact) mass is 356 g/mol. The first-order valence-electron chi connectivity index (χ1n) is 7.86. The Bertz CT molecular complexity index is 860. The van der Waals surface area contributed by atoms with E-state index in [9.17, 15) is 4.79 Å². The number of hydrogen-bond acceptors (Lipinski definition) is 5. The molecule has 0 amide bonds. The minimum absolute atomic E-state index is 0.0646. The van der Waals surface area contributed by atoms with Crippen LogP contribution in [0.1, 0.15) is 29.7 Å². The number of ketones is 1. The van der Waals surface area contributed by atoms with Crippen LogP contribution in [-0.2, 0) is 0 Å². The van der Waals surface area contributed by atoms with Gasteiger partial charge in [-0.15, -0.1) is 10.2 Å². The number of ether oxygens (including phenoxy) is 1. The van der Waals surface area contributed by atoms with Crippen molar-refractivity contribution in [3.05, 3.63) is 59.1 Å². The molecule has 0 aliphatic rings. The van der Waals surface area contributed by atoms with E-state index in [4.69, 9.17) is 16.3 Å². The summed E-state index contributed by atoms with van der Waals surface area (Å²) < 4.78 is 5.12. The largest absolute Gasteiger partial charge is 0.497 e. The van der Waals surface area contributed by atoms with Crippen molar-refractivity contribution in [2.24, 2.45) is 0 Å². The van der Waals surface area contributed by atoms with Gasteiger partial charge in [0.05, 0.1) is 7.11 Å². The molecule has 0 saturated heterocycles. The quantitative estimate of drug-likeness (QED) is 0.628. The molecule has 6 nitrogen and oxygen atoms in total. The van der Waals surface area contributed by atoms with Gasteiger partial charge in [0, 0.05) is 16.1 Å². The average Bonchev–Trinajstić information content (AvgIpc) is 3.12. The lowest BCUT2D eigenvalue weighted by atomic mass is 10.0. The highest BCUT2D eigenvalue weighted by molar-refractivity contribution is 6.30. The lowest BCUT2D eigenvalue weighted by Gasteiger charge is -2.12. The zero-order chi connectivity index (χ0) is 17.8. The van der Waals surface area contributed by atoms with Crippen molar-refractivity contribution in [3.8, 4) is 17.1 Å². The Kier molecular flexibility index (Phi) is 5.09. The molecule has 0 aliphatic carbocycles. The second-order valence-electron chi connectivity index (χ2n) is 5.46. The Morgan fingerprint density at radius 2 is 1.84 bits per heavy atom. The van der Waals surface area contributed by atoms with Gasteiger partial charge in [-0.25, -0.2) is 0 Å². The van der Waals surface area contributed by atoms with Crippen LogP contribution in [0.4, 0.5) is 0 Å². The normalized spacial score (nSPS) is 12.0. The number of rotatable bonds is 6. The molecule has 3 rings (SSSR count). The first-order valence-corrected chi connectivity index (χ1v) is 8.24. The summed E-state index contributed by atoms with van der Waals surface area (Å²) in [6, 6.07) is 13.6. The average molecular weight is 357 g/mol. The van der Waals surface area contributed by atoms with Crippen molar-refractivity contribution in [1.29, 1.82) is 0 Å². The fourth-order valence-electron chi connectivity index (χ4n) is 2.47. The predicted molar refractivity (Wildman–Crippen MR) is 94.9 cm³/mol. The first-order chi connectivity index (χ1) is 12.1. The third-order valence-electron chi connectivity index (χ3n) is 3.87. The number of carbonyl (C=O) groups excluding carboxylic acids is 1. The van der Waals surface area contributed by atoms with E-state index in [0.29, 0.717) is 28.6 Å². The molecule has 0 saturated carbocycles. The van der Waals surface area contributed by atoms with Gasteiger partial charge >= 0.3 is 0 Å².